The number of rotatable bonds is 3. The van der Waals surface area contributed by atoms with Gasteiger partial charge in [0.1, 0.15) is 6.04 Å². The van der Waals surface area contributed by atoms with Crippen LogP contribution in [-0.2, 0) is 4.79 Å². The number of hydrogen-bond acceptors (Lipinski definition) is 4. The molecular weight excluding hydrogens is 320 g/mol. The quantitative estimate of drug-likeness (QED) is 0.927. The normalized spacial score (nSPS) is 25.6. The Morgan fingerprint density at radius 3 is 2.60 bits per heavy atom. The Hall–Kier alpha value is -2.63. The molecule has 1 aromatic carbocycles. The summed E-state index contributed by atoms with van der Waals surface area (Å²) in [6.45, 7) is 0. The molecule has 0 bridgehead atoms. The Morgan fingerprint density at radius 1 is 1.16 bits per heavy atom. The van der Waals surface area contributed by atoms with Gasteiger partial charge in [-0.2, -0.15) is 0 Å². The minimum Gasteiger partial charge on any atom is -0.480 e. The molecule has 6 nitrogen and oxygen atoms in total. The van der Waals surface area contributed by atoms with E-state index in [9.17, 15) is 14.7 Å². The maximum atomic E-state index is 13.0. The average molecular weight is 340 g/mol. The molecule has 1 aliphatic carbocycles. The third-order valence-corrected chi connectivity index (χ3v) is 5.46. The van der Waals surface area contributed by atoms with Gasteiger partial charge in [0.05, 0.1) is 6.20 Å². The number of nitrogens with zero attached hydrogens (tertiary/aromatic N) is 2. The Balaban J connectivity index is 1.61. The van der Waals surface area contributed by atoms with Crippen molar-refractivity contribution in [2.24, 2.45) is 5.92 Å². The summed E-state index contributed by atoms with van der Waals surface area (Å²) in [4.78, 5) is 30.2. The van der Waals surface area contributed by atoms with Crippen molar-refractivity contribution < 1.29 is 19.1 Å². The molecule has 4 rings (SSSR count). The van der Waals surface area contributed by atoms with Crippen molar-refractivity contribution in [2.45, 2.75) is 44.2 Å². The molecule has 0 radical (unpaired) electrons. The number of amides is 1. The van der Waals surface area contributed by atoms with E-state index in [1.165, 1.54) is 6.39 Å². The van der Waals surface area contributed by atoms with Gasteiger partial charge < -0.3 is 14.4 Å². The number of fused-ring (bicyclic) bond motifs is 1. The lowest BCUT2D eigenvalue weighted by Gasteiger charge is -2.33. The van der Waals surface area contributed by atoms with Gasteiger partial charge in [-0.05, 0) is 37.3 Å². The van der Waals surface area contributed by atoms with E-state index in [-0.39, 0.29) is 11.9 Å². The Bertz CT molecular complexity index is 769. The molecule has 6 heteroatoms. The third-order valence-electron chi connectivity index (χ3n) is 5.46. The van der Waals surface area contributed by atoms with Crippen LogP contribution in [0.25, 0.3) is 11.3 Å². The van der Waals surface area contributed by atoms with Gasteiger partial charge in [-0.3, -0.25) is 4.79 Å². The molecule has 130 valence electrons. The predicted molar refractivity (Wildman–Crippen MR) is 89.9 cm³/mol. The fourth-order valence-corrected chi connectivity index (χ4v) is 4.26. The molecule has 2 aliphatic rings. The Labute approximate surface area is 145 Å². The van der Waals surface area contributed by atoms with Crippen molar-refractivity contribution in [3.63, 3.8) is 0 Å². The number of carbonyl (C=O) groups excluding carboxylic acids is 1. The monoisotopic (exact) mass is 340 g/mol. The van der Waals surface area contributed by atoms with Crippen LogP contribution in [0.4, 0.5) is 0 Å². The summed E-state index contributed by atoms with van der Waals surface area (Å²) in [6, 6.07) is 6.41. The van der Waals surface area contributed by atoms with Crippen LogP contribution in [0, 0.1) is 5.92 Å². The molecule has 3 unspecified atom stereocenters. The van der Waals surface area contributed by atoms with E-state index >= 15 is 0 Å². The minimum absolute atomic E-state index is 0.0521. The molecule has 3 atom stereocenters. The fraction of sp³-hybridized carbons (Fsp3) is 0.421. The van der Waals surface area contributed by atoms with Gasteiger partial charge in [-0.25, -0.2) is 9.78 Å². The number of carbonyl (C=O) groups is 2. The van der Waals surface area contributed by atoms with Gasteiger partial charge in [0.25, 0.3) is 5.91 Å². The first kappa shape index (κ1) is 15.9. The fourth-order valence-electron chi connectivity index (χ4n) is 4.26. The van der Waals surface area contributed by atoms with Gasteiger partial charge in [0.2, 0.25) is 0 Å². The van der Waals surface area contributed by atoms with Crippen molar-refractivity contribution in [2.75, 3.05) is 0 Å². The first-order valence-electron chi connectivity index (χ1n) is 8.69. The first-order valence-corrected chi connectivity index (χ1v) is 8.69. The molecule has 25 heavy (non-hydrogen) atoms. The number of likely N-dealkylation sites (tertiary alicyclic amines) is 1. The van der Waals surface area contributed by atoms with E-state index in [0.29, 0.717) is 23.7 Å². The number of oxazole rings is 1. The van der Waals surface area contributed by atoms with E-state index in [1.807, 2.05) is 0 Å². The summed E-state index contributed by atoms with van der Waals surface area (Å²) in [7, 11) is 0. The summed E-state index contributed by atoms with van der Waals surface area (Å²) in [5.41, 5.74) is 1.35. The van der Waals surface area contributed by atoms with Crippen LogP contribution < -0.4 is 0 Å². The highest BCUT2D eigenvalue weighted by Crippen LogP contribution is 2.40. The van der Waals surface area contributed by atoms with Crippen LogP contribution in [0.1, 0.15) is 42.5 Å². The highest BCUT2D eigenvalue weighted by molar-refractivity contribution is 5.97. The highest BCUT2D eigenvalue weighted by Gasteiger charge is 2.47. The van der Waals surface area contributed by atoms with Crippen molar-refractivity contribution in [1.29, 1.82) is 0 Å². The molecule has 0 spiro atoms. The molecule has 2 aromatic rings. The molecule has 2 heterocycles. The predicted octanol–water partition coefficient (Wildman–Crippen LogP) is 3.20. The average Bonchev–Trinajstić information content (AvgIpc) is 3.29. The summed E-state index contributed by atoms with van der Waals surface area (Å²) < 4.78 is 5.25. The van der Waals surface area contributed by atoms with Crippen molar-refractivity contribution in [1.82, 2.24) is 9.88 Å². The molecule has 1 amide bonds. The largest absolute Gasteiger partial charge is 0.480 e. The van der Waals surface area contributed by atoms with Gasteiger partial charge in [0.15, 0.2) is 12.2 Å². The van der Waals surface area contributed by atoms with E-state index in [0.717, 1.165) is 31.2 Å². The Morgan fingerprint density at radius 2 is 1.92 bits per heavy atom. The molecule has 1 aliphatic heterocycles. The van der Waals surface area contributed by atoms with Crippen LogP contribution in [0.3, 0.4) is 0 Å². The maximum absolute atomic E-state index is 13.0. The number of hydrogen-bond donors (Lipinski definition) is 1. The summed E-state index contributed by atoms with van der Waals surface area (Å²) in [5, 5.41) is 9.58. The van der Waals surface area contributed by atoms with E-state index in [1.54, 1.807) is 35.4 Å². The second kappa shape index (κ2) is 6.35. The number of aliphatic carboxylic acids is 1. The second-order valence-corrected chi connectivity index (χ2v) is 6.86. The number of carboxylic acid groups (broad SMARTS) is 1. The number of aromatic nitrogens is 1. The Kier molecular flexibility index (Phi) is 4.03. The van der Waals surface area contributed by atoms with Gasteiger partial charge in [0, 0.05) is 17.2 Å². The topological polar surface area (TPSA) is 83.6 Å². The van der Waals surface area contributed by atoms with E-state index in [4.69, 9.17) is 4.42 Å². The standard InChI is InChI=1S/C19H20N2O4/c22-18(13-7-5-12(6-8-13)17-10-20-11-25-17)21-15-4-2-1-3-14(15)9-16(21)19(23)24/h5-8,10-11,14-16H,1-4,9H2,(H,23,24). The molecular formula is C19H20N2O4. The minimum atomic E-state index is -0.902. The highest BCUT2D eigenvalue weighted by atomic mass is 16.4. The van der Waals surface area contributed by atoms with Crippen LogP contribution in [-0.4, -0.2) is 39.0 Å². The SMILES string of the molecule is O=C(O)C1CC2CCCCC2N1C(=O)c1ccc(-c2cnco2)cc1. The zero-order valence-electron chi connectivity index (χ0n) is 13.8. The lowest BCUT2D eigenvalue weighted by atomic mass is 9.84. The lowest BCUT2D eigenvalue weighted by Crippen LogP contribution is -2.46. The van der Waals surface area contributed by atoms with Crippen LogP contribution in [0.2, 0.25) is 0 Å². The first-order chi connectivity index (χ1) is 12.1. The van der Waals surface area contributed by atoms with E-state index in [2.05, 4.69) is 4.98 Å². The van der Waals surface area contributed by atoms with Gasteiger partial charge in [-0.1, -0.05) is 25.0 Å². The molecule has 1 saturated carbocycles. The third kappa shape index (κ3) is 2.81. The molecule has 1 saturated heterocycles. The van der Waals surface area contributed by atoms with Crippen molar-refractivity contribution in [3.8, 4) is 11.3 Å². The second-order valence-electron chi connectivity index (χ2n) is 6.86. The lowest BCUT2D eigenvalue weighted by molar-refractivity contribution is -0.141. The smallest absolute Gasteiger partial charge is 0.326 e. The maximum Gasteiger partial charge on any atom is 0.326 e. The van der Waals surface area contributed by atoms with Crippen molar-refractivity contribution >= 4 is 11.9 Å². The van der Waals surface area contributed by atoms with Crippen LogP contribution in [0.15, 0.2) is 41.3 Å². The van der Waals surface area contributed by atoms with Gasteiger partial charge in [-0.15, -0.1) is 0 Å². The summed E-state index contributed by atoms with van der Waals surface area (Å²) >= 11 is 0. The molecule has 2 fully saturated rings. The number of carboxylic acids is 1. The van der Waals surface area contributed by atoms with Crippen molar-refractivity contribution in [3.05, 3.63) is 42.4 Å². The number of benzene rings is 1. The summed E-state index contributed by atoms with van der Waals surface area (Å²) in [5.74, 6) is -0.143. The molecule has 1 N–H and O–H groups in total. The molecule has 1 aromatic heterocycles. The van der Waals surface area contributed by atoms with Crippen LogP contribution in [0.5, 0.6) is 0 Å². The van der Waals surface area contributed by atoms with Gasteiger partial charge >= 0.3 is 5.97 Å². The zero-order valence-corrected chi connectivity index (χ0v) is 13.8. The van der Waals surface area contributed by atoms with Crippen LogP contribution >= 0.6 is 0 Å². The summed E-state index contributed by atoms with van der Waals surface area (Å²) in [6.07, 6.45) is 7.65. The zero-order chi connectivity index (χ0) is 17.4. The van der Waals surface area contributed by atoms with E-state index < -0.39 is 12.0 Å².